The summed E-state index contributed by atoms with van der Waals surface area (Å²) in [5.41, 5.74) is 0.556. The SMILES string of the molecule is COCC1(CNC(=O)CCn2cnc3ccccc3c2=O)CCNCC1.Cl. The summed E-state index contributed by atoms with van der Waals surface area (Å²) in [6.07, 6.45) is 3.72. The van der Waals surface area contributed by atoms with Gasteiger partial charge in [0.1, 0.15) is 0 Å². The summed E-state index contributed by atoms with van der Waals surface area (Å²) < 4.78 is 6.87. The number of carbonyl (C=O) groups excluding carboxylic acids is 1. The fourth-order valence-electron chi connectivity index (χ4n) is 3.50. The van der Waals surface area contributed by atoms with Gasteiger partial charge in [-0.3, -0.25) is 14.2 Å². The lowest BCUT2D eigenvalue weighted by atomic mass is 9.79. The minimum atomic E-state index is -0.113. The smallest absolute Gasteiger partial charge is 0.261 e. The first-order chi connectivity index (χ1) is 12.6. The number of piperidine rings is 1. The molecular weight excluding hydrogens is 368 g/mol. The topological polar surface area (TPSA) is 85.2 Å². The molecule has 148 valence electrons. The molecule has 2 heterocycles. The summed E-state index contributed by atoms with van der Waals surface area (Å²) in [5, 5.41) is 6.94. The van der Waals surface area contributed by atoms with Gasteiger partial charge in [0.05, 0.1) is 23.8 Å². The molecular formula is C19H27ClN4O3. The first kappa shape index (κ1) is 21.3. The fourth-order valence-corrected chi connectivity index (χ4v) is 3.50. The fraction of sp³-hybridized carbons (Fsp3) is 0.526. The van der Waals surface area contributed by atoms with Crippen LogP contribution in [0, 0.1) is 5.41 Å². The summed E-state index contributed by atoms with van der Waals surface area (Å²) in [5.74, 6) is -0.0564. The van der Waals surface area contributed by atoms with Crippen LogP contribution in [0.2, 0.25) is 0 Å². The number of fused-ring (bicyclic) bond motifs is 1. The maximum atomic E-state index is 12.5. The lowest BCUT2D eigenvalue weighted by molar-refractivity contribution is -0.122. The molecule has 1 amide bonds. The number of hydrogen-bond donors (Lipinski definition) is 2. The van der Waals surface area contributed by atoms with Gasteiger partial charge in [-0.15, -0.1) is 12.4 Å². The molecule has 1 aromatic heterocycles. The highest BCUT2D eigenvalue weighted by Crippen LogP contribution is 2.28. The van der Waals surface area contributed by atoms with E-state index in [4.69, 9.17) is 4.74 Å². The molecule has 1 aliphatic rings. The number of nitrogens with one attached hydrogen (secondary N) is 2. The van der Waals surface area contributed by atoms with Crippen molar-refractivity contribution >= 4 is 29.2 Å². The third kappa shape index (κ3) is 5.28. The van der Waals surface area contributed by atoms with Gasteiger partial charge in [0.2, 0.25) is 5.91 Å². The van der Waals surface area contributed by atoms with Crippen LogP contribution in [0.1, 0.15) is 19.3 Å². The van der Waals surface area contributed by atoms with Gasteiger partial charge in [0.15, 0.2) is 0 Å². The standard InChI is InChI=1S/C19H26N4O3.ClH/c1-26-13-19(7-9-20-10-8-19)12-21-17(24)6-11-23-14-22-16-5-3-2-4-15(16)18(23)25;/h2-5,14,20H,6-13H2,1H3,(H,21,24);1H. The Morgan fingerprint density at radius 3 is 2.81 bits per heavy atom. The van der Waals surface area contributed by atoms with Crippen molar-refractivity contribution in [1.82, 2.24) is 20.2 Å². The van der Waals surface area contributed by atoms with Crippen molar-refractivity contribution in [2.24, 2.45) is 5.41 Å². The van der Waals surface area contributed by atoms with E-state index in [0.717, 1.165) is 25.9 Å². The number of para-hydroxylation sites is 1. The molecule has 0 saturated carbocycles. The average molecular weight is 395 g/mol. The van der Waals surface area contributed by atoms with Crippen molar-refractivity contribution in [1.29, 1.82) is 0 Å². The van der Waals surface area contributed by atoms with Crippen molar-refractivity contribution in [2.75, 3.05) is 33.4 Å². The molecule has 0 spiro atoms. The maximum absolute atomic E-state index is 12.5. The Morgan fingerprint density at radius 1 is 1.33 bits per heavy atom. The molecule has 1 aromatic carbocycles. The Kier molecular flexibility index (Phi) is 7.77. The number of rotatable bonds is 7. The van der Waals surface area contributed by atoms with Crippen molar-refractivity contribution in [2.45, 2.75) is 25.8 Å². The molecule has 2 N–H and O–H groups in total. The highest BCUT2D eigenvalue weighted by atomic mass is 35.5. The van der Waals surface area contributed by atoms with Crippen LogP contribution in [-0.2, 0) is 16.1 Å². The van der Waals surface area contributed by atoms with Gasteiger partial charge < -0.3 is 15.4 Å². The minimum absolute atomic E-state index is 0. The quantitative estimate of drug-likeness (QED) is 0.740. The molecule has 0 radical (unpaired) electrons. The van der Waals surface area contributed by atoms with Gasteiger partial charge in [-0.25, -0.2) is 4.98 Å². The van der Waals surface area contributed by atoms with E-state index in [1.807, 2.05) is 18.2 Å². The number of carbonyl (C=O) groups is 1. The number of aromatic nitrogens is 2. The highest BCUT2D eigenvalue weighted by Gasteiger charge is 2.32. The third-order valence-electron chi connectivity index (χ3n) is 5.09. The molecule has 7 nitrogen and oxygen atoms in total. The number of ether oxygens (including phenoxy) is 1. The number of nitrogens with zero attached hydrogens (tertiary/aromatic N) is 2. The van der Waals surface area contributed by atoms with E-state index in [0.29, 0.717) is 30.6 Å². The van der Waals surface area contributed by atoms with Gasteiger partial charge >= 0.3 is 0 Å². The van der Waals surface area contributed by atoms with Crippen LogP contribution in [0.25, 0.3) is 10.9 Å². The predicted octanol–water partition coefficient (Wildman–Crippen LogP) is 1.34. The summed E-state index contributed by atoms with van der Waals surface area (Å²) in [6.45, 7) is 3.45. The zero-order valence-electron chi connectivity index (χ0n) is 15.6. The summed E-state index contributed by atoms with van der Waals surface area (Å²) in [4.78, 5) is 29.0. The third-order valence-corrected chi connectivity index (χ3v) is 5.09. The predicted molar refractivity (Wildman–Crippen MR) is 107 cm³/mol. The Hall–Kier alpha value is -1.96. The van der Waals surface area contributed by atoms with Crippen LogP contribution in [-0.4, -0.2) is 48.8 Å². The van der Waals surface area contributed by atoms with Gasteiger partial charge in [-0.1, -0.05) is 12.1 Å². The molecule has 0 aliphatic carbocycles. The molecule has 0 bridgehead atoms. The Labute approximate surface area is 164 Å². The van der Waals surface area contributed by atoms with Crippen LogP contribution in [0.3, 0.4) is 0 Å². The number of benzene rings is 1. The number of hydrogen-bond acceptors (Lipinski definition) is 5. The lowest BCUT2D eigenvalue weighted by Crippen LogP contribution is -2.47. The van der Waals surface area contributed by atoms with Crippen LogP contribution >= 0.6 is 12.4 Å². The molecule has 1 fully saturated rings. The zero-order valence-corrected chi connectivity index (χ0v) is 16.4. The van der Waals surface area contributed by atoms with E-state index in [1.54, 1.807) is 13.2 Å². The van der Waals surface area contributed by atoms with Crippen molar-refractivity contribution in [3.8, 4) is 0 Å². The monoisotopic (exact) mass is 394 g/mol. The van der Waals surface area contributed by atoms with Gasteiger partial charge in [-0.05, 0) is 38.1 Å². The van der Waals surface area contributed by atoms with Crippen LogP contribution in [0.5, 0.6) is 0 Å². The van der Waals surface area contributed by atoms with Crippen LogP contribution < -0.4 is 16.2 Å². The number of amides is 1. The van der Waals surface area contributed by atoms with Crippen LogP contribution in [0.15, 0.2) is 35.4 Å². The number of methoxy groups -OCH3 is 1. The molecule has 1 saturated heterocycles. The van der Waals surface area contributed by atoms with E-state index in [-0.39, 0.29) is 35.7 Å². The molecule has 1 aliphatic heterocycles. The van der Waals surface area contributed by atoms with E-state index in [1.165, 1.54) is 10.9 Å². The second-order valence-electron chi connectivity index (χ2n) is 6.97. The summed E-state index contributed by atoms with van der Waals surface area (Å²) in [7, 11) is 1.70. The second kappa shape index (κ2) is 9.82. The Morgan fingerprint density at radius 2 is 2.07 bits per heavy atom. The van der Waals surface area contributed by atoms with Gasteiger partial charge in [-0.2, -0.15) is 0 Å². The number of aryl methyl sites for hydroxylation is 1. The summed E-state index contributed by atoms with van der Waals surface area (Å²) in [6, 6.07) is 7.23. The molecule has 8 heteroatoms. The van der Waals surface area contributed by atoms with Crippen molar-refractivity contribution in [3.63, 3.8) is 0 Å². The molecule has 0 unspecified atom stereocenters. The minimum Gasteiger partial charge on any atom is -0.384 e. The van der Waals surface area contributed by atoms with E-state index < -0.39 is 0 Å². The summed E-state index contributed by atoms with van der Waals surface area (Å²) >= 11 is 0. The average Bonchev–Trinajstić information content (AvgIpc) is 2.67. The van der Waals surface area contributed by atoms with Crippen molar-refractivity contribution < 1.29 is 9.53 Å². The lowest BCUT2D eigenvalue weighted by Gasteiger charge is -2.37. The highest BCUT2D eigenvalue weighted by molar-refractivity contribution is 5.85. The Bertz CT molecular complexity index is 812. The van der Waals surface area contributed by atoms with E-state index in [2.05, 4.69) is 15.6 Å². The second-order valence-corrected chi connectivity index (χ2v) is 6.97. The first-order valence-electron chi connectivity index (χ1n) is 9.04. The zero-order chi connectivity index (χ0) is 18.4. The van der Waals surface area contributed by atoms with Crippen LogP contribution in [0.4, 0.5) is 0 Å². The first-order valence-corrected chi connectivity index (χ1v) is 9.04. The van der Waals surface area contributed by atoms with E-state index >= 15 is 0 Å². The van der Waals surface area contributed by atoms with Gasteiger partial charge in [0, 0.05) is 32.0 Å². The van der Waals surface area contributed by atoms with Gasteiger partial charge in [0.25, 0.3) is 5.56 Å². The van der Waals surface area contributed by atoms with Crippen molar-refractivity contribution in [3.05, 3.63) is 40.9 Å². The number of halogens is 1. The normalized spacial score (nSPS) is 15.9. The molecule has 27 heavy (non-hydrogen) atoms. The molecule has 0 atom stereocenters. The molecule has 2 aromatic rings. The van der Waals surface area contributed by atoms with E-state index in [9.17, 15) is 9.59 Å². The Balaban J connectivity index is 0.00000261. The molecule has 3 rings (SSSR count). The largest absolute Gasteiger partial charge is 0.384 e. The maximum Gasteiger partial charge on any atom is 0.261 e.